The van der Waals surface area contributed by atoms with Crippen LogP contribution in [-0.2, 0) is 17.8 Å². The Morgan fingerprint density at radius 2 is 1.92 bits per heavy atom. The van der Waals surface area contributed by atoms with Gasteiger partial charge in [0.25, 0.3) is 0 Å². The number of benzene rings is 2. The zero-order valence-corrected chi connectivity index (χ0v) is 13.7. The number of aryl methyl sites for hydroxylation is 2. The van der Waals surface area contributed by atoms with Crippen LogP contribution < -0.4 is 5.32 Å². The molecule has 2 aromatic carbocycles. The predicted molar refractivity (Wildman–Crippen MR) is 91.2 cm³/mol. The van der Waals surface area contributed by atoms with Crippen LogP contribution in [0.15, 0.2) is 53.1 Å². The number of hydrogen-bond donors (Lipinski definition) is 1. The van der Waals surface area contributed by atoms with Gasteiger partial charge < -0.3 is 9.84 Å². The number of hydrogen-bond acceptors (Lipinski definition) is 4. The highest BCUT2D eigenvalue weighted by molar-refractivity contribution is 5.78. The van der Waals surface area contributed by atoms with E-state index in [1.807, 2.05) is 56.3 Å². The van der Waals surface area contributed by atoms with Gasteiger partial charge in [-0.25, -0.2) is 0 Å². The fourth-order valence-corrected chi connectivity index (χ4v) is 2.48. The maximum Gasteiger partial charge on any atom is 0.246 e. The van der Waals surface area contributed by atoms with Crippen LogP contribution in [0.3, 0.4) is 0 Å². The maximum atomic E-state index is 12.1. The van der Waals surface area contributed by atoms with Crippen LogP contribution in [0.5, 0.6) is 0 Å². The molecule has 0 radical (unpaired) electrons. The molecule has 1 amide bonds. The van der Waals surface area contributed by atoms with Crippen molar-refractivity contribution in [3.05, 3.63) is 71.1 Å². The van der Waals surface area contributed by atoms with Gasteiger partial charge in [-0.15, -0.1) is 0 Å². The molecule has 3 aromatic rings. The van der Waals surface area contributed by atoms with Gasteiger partial charge in [0.1, 0.15) is 0 Å². The van der Waals surface area contributed by atoms with Gasteiger partial charge in [-0.3, -0.25) is 4.79 Å². The Morgan fingerprint density at radius 3 is 2.67 bits per heavy atom. The summed E-state index contributed by atoms with van der Waals surface area (Å²) in [6.45, 7) is 4.28. The fourth-order valence-electron chi connectivity index (χ4n) is 2.48. The molecule has 1 N–H and O–H groups in total. The van der Waals surface area contributed by atoms with Crippen LogP contribution in [0.1, 0.15) is 22.6 Å². The molecule has 122 valence electrons. The third-order valence-corrected chi connectivity index (χ3v) is 3.79. The van der Waals surface area contributed by atoms with Crippen LogP contribution >= 0.6 is 0 Å². The summed E-state index contributed by atoms with van der Waals surface area (Å²) in [4.78, 5) is 16.4. The predicted octanol–water partition coefficient (Wildman–Crippen LogP) is 3.21. The van der Waals surface area contributed by atoms with E-state index in [0.717, 1.165) is 16.7 Å². The molecular weight excluding hydrogens is 302 g/mol. The topological polar surface area (TPSA) is 68.0 Å². The van der Waals surface area contributed by atoms with Crippen molar-refractivity contribution >= 4 is 5.91 Å². The highest BCUT2D eigenvalue weighted by Gasteiger charge is 2.10. The Balaban J connectivity index is 1.58. The summed E-state index contributed by atoms with van der Waals surface area (Å²) in [7, 11) is 0. The quantitative estimate of drug-likeness (QED) is 0.783. The Morgan fingerprint density at radius 1 is 1.12 bits per heavy atom. The lowest BCUT2D eigenvalue weighted by Gasteiger charge is -2.06. The minimum absolute atomic E-state index is 0.0681. The van der Waals surface area contributed by atoms with Crippen molar-refractivity contribution in [2.24, 2.45) is 0 Å². The van der Waals surface area contributed by atoms with Crippen LogP contribution in [0, 0.1) is 13.8 Å². The number of carbonyl (C=O) groups excluding carboxylic acids is 1. The number of amides is 1. The van der Waals surface area contributed by atoms with Crippen molar-refractivity contribution in [2.75, 3.05) is 0 Å². The zero-order chi connectivity index (χ0) is 16.9. The molecule has 1 heterocycles. The zero-order valence-electron chi connectivity index (χ0n) is 13.7. The van der Waals surface area contributed by atoms with Crippen LogP contribution in [0.4, 0.5) is 0 Å². The van der Waals surface area contributed by atoms with E-state index < -0.39 is 0 Å². The molecule has 1 aromatic heterocycles. The number of rotatable bonds is 5. The molecule has 5 heteroatoms. The van der Waals surface area contributed by atoms with Gasteiger partial charge in [0, 0.05) is 5.56 Å². The summed E-state index contributed by atoms with van der Waals surface area (Å²) in [6.07, 6.45) is 0.339. The van der Waals surface area contributed by atoms with Crippen molar-refractivity contribution in [1.29, 1.82) is 0 Å². The summed E-state index contributed by atoms with van der Waals surface area (Å²) >= 11 is 0. The number of carbonyl (C=O) groups is 1. The first-order valence-corrected chi connectivity index (χ1v) is 7.82. The average molecular weight is 321 g/mol. The summed E-state index contributed by atoms with van der Waals surface area (Å²) < 4.78 is 5.18. The largest absolute Gasteiger partial charge is 0.347 e. The molecule has 0 saturated heterocycles. The normalized spacial score (nSPS) is 10.6. The van der Waals surface area contributed by atoms with Gasteiger partial charge in [-0.1, -0.05) is 59.3 Å². The highest BCUT2D eigenvalue weighted by atomic mass is 16.5. The van der Waals surface area contributed by atoms with Crippen molar-refractivity contribution in [2.45, 2.75) is 26.8 Å². The average Bonchev–Trinajstić information content (AvgIpc) is 3.05. The second-order valence-corrected chi connectivity index (χ2v) is 5.76. The monoisotopic (exact) mass is 321 g/mol. The van der Waals surface area contributed by atoms with Crippen LogP contribution in [0.25, 0.3) is 11.4 Å². The van der Waals surface area contributed by atoms with Crippen molar-refractivity contribution in [3.63, 3.8) is 0 Å². The Kier molecular flexibility index (Phi) is 4.70. The van der Waals surface area contributed by atoms with Crippen molar-refractivity contribution in [3.8, 4) is 11.4 Å². The Hall–Kier alpha value is -2.95. The SMILES string of the molecule is Cc1ccc(CC(=O)NCc2nc(-c3ccccc3)no2)c(C)c1. The van der Waals surface area contributed by atoms with E-state index in [-0.39, 0.29) is 12.5 Å². The molecule has 5 nitrogen and oxygen atoms in total. The molecular formula is C19H19N3O2. The second-order valence-electron chi connectivity index (χ2n) is 5.76. The first-order valence-electron chi connectivity index (χ1n) is 7.82. The summed E-state index contributed by atoms with van der Waals surface area (Å²) in [6, 6.07) is 15.7. The number of aromatic nitrogens is 2. The maximum absolute atomic E-state index is 12.1. The second kappa shape index (κ2) is 7.08. The number of nitrogens with zero attached hydrogens (tertiary/aromatic N) is 2. The van der Waals surface area contributed by atoms with Gasteiger partial charge in [-0.2, -0.15) is 4.98 Å². The van der Waals surface area contributed by atoms with E-state index in [2.05, 4.69) is 21.5 Å². The van der Waals surface area contributed by atoms with E-state index in [9.17, 15) is 4.79 Å². The van der Waals surface area contributed by atoms with Crippen LogP contribution in [-0.4, -0.2) is 16.0 Å². The van der Waals surface area contributed by atoms with Gasteiger partial charge in [0.05, 0.1) is 13.0 Å². The molecule has 0 aliphatic rings. The van der Waals surface area contributed by atoms with Crippen molar-refractivity contribution < 1.29 is 9.32 Å². The van der Waals surface area contributed by atoms with Crippen LogP contribution in [0.2, 0.25) is 0 Å². The van der Waals surface area contributed by atoms with E-state index in [4.69, 9.17) is 4.52 Å². The Labute approximate surface area is 140 Å². The lowest BCUT2D eigenvalue weighted by molar-refractivity contribution is -0.120. The first-order chi connectivity index (χ1) is 11.6. The first kappa shape index (κ1) is 15.9. The van der Waals surface area contributed by atoms with E-state index >= 15 is 0 Å². The van der Waals surface area contributed by atoms with Gasteiger partial charge in [0.2, 0.25) is 17.6 Å². The molecule has 0 fully saturated rings. The van der Waals surface area contributed by atoms with E-state index in [1.165, 1.54) is 5.56 Å². The van der Waals surface area contributed by atoms with E-state index in [1.54, 1.807) is 0 Å². The molecule has 3 rings (SSSR count). The lowest BCUT2D eigenvalue weighted by Crippen LogP contribution is -2.25. The molecule has 0 aliphatic carbocycles. The highest BCUT2D eigenvalue weighted by Crippen LogP contribution is 2.15. The molecule has 0 bridgehead atoms. The lowest BCUT2D eigenvalue weighted by atomic mass is 10.0. The molecule has 0 saturated carbocycles. The van der Waals surface area contributed by atoms with Crippen molar-refractivity contribution in [1.82, 2.24) is 15.5 Å². The summed E-state index contributed by atoms with van der Waals surface area (Å²) in [5.41, 5.74) is 4.22. The molecule has 0 spiro atoms. The molecule has 0 unspecified atom stereocenters. The number of nitrogens with one attached hydrogen (secondary N) is 1. The molecule has 0 atom stereocenters. The molecule has 0 aliphatic heterocycles. The Bertz CT molecular complexity index is 841. The van der Waals surface area contributed by atoms with Gasteiger partial charge in [0.15, 0.2) is 0 Å². The smallest absolute Gasteiger partial charge is 0.246 e. The summed E-state index contributed by atoms with van der Waals surface area (Å²) in [5, 5.41) is 6.75. The fraction of sp³-hybridized carbons (Fsp3) is 0.211. The third-order valence-electron chi connectivity index (χ3n) is 3.79. The standard InChI is InChI=1S/C19H19N3O2/c1-13-8-9-16(14(2)10-13)11-17(23)20-12-18-21-19(22-24-18)15-6-4-3-5-7-15/h3-10H,11-12H2,1-2H3,(H,20,23). The van der Waals surface area contributed by atoms with E-state index in [0.29, 0.717) is 18.1 Å². The minimum Gasteiger partial charge on any atom is -0.347 e. The third kappa shape index (κ3) is 3.87. The molecule has 24 heavy (non-hydrogen) atoms. The van der Waals surface area contributed by atoms with Gasteiger partial charge in [-0.05, 0) is 25.0 Å². The summed E-state index contributed by atoms with van der Waals surface area (Å²) in [5.74, 6) is 0.846. The van der Waals surface area contributed by atoms with Gasteiger partial charge >= 0.3 is 0 Å². The minimum atomic E-state index is -0.0681.